The largest absolute Gasteiger partial charge is 0.268 e. The van der Waals surface area contributed by atoms with E-state index in [1.54, 1.807) is 18.3 Å². The third-order valence-corrected chi connectivity index (χ3v) is 2.33. The number of hydrazine groups is 2. The SMILES string of the molecule is CN1C=NNN1SCCCl. The lowest BCUT2D eigenvalue weighted by atomic mass is 11.0. The van der Waals surface area contributed by atoms with E-state index in [2.05, 4.69) is 10.6 Å². The number of halogens is 1. The highest BCUT2D eigenvalue weighted by molar-refractivity contribution is 7.96. The number of rotatable bonds is 3. The zero-order valence-corrected chi connectivity index (χ0v) is 7.19. The lowest BCUT2D eigenvalue weighted by molar-refractivity contribution is 0.177. The highest BCUT2D eigenvalue weighted by Gasteiger charge is 2.11. The molecule has 0 aromatic heterocycles. The minimum absolute atomic E-state index is 0.649. The third kappa shape index (κ3) is 1.93. The third-order valence-electron chi connectivity index (χ3n) is 0.945. The van der Waals surface area contributed by atoms with Gasteiger partial charge in [0.25, 0.3) is 0 Å². The van der Waals surface area contributed by atoms with E-state index in [0.717, 1.165) is 5.75 Å². The van der Waals surface area contributed by atoms with Crippen LogP contribution in [0.2, 0.25) is 0 Å². The normalized spacial score (nSPS) is 18.0. The van der Waals surface area contributed by atoms with Crippen LogP contribution in [0.25, 0.3) is 0 Å². The van der Waals surface area contributed by atoms with Crippen LogP contribution >= 0.6 is 23.5 Å². The molecule has 10 heavy (non-hydrogen) atoms. The van der Waals surface area contributed by atoms with Gasteiger partial charge < -0.3 is 0 Å². The van der Waals surface area contributed by atoms with Gasteiger partial charge in [0, 0.05) is 18.7 Å². The van der Waals surface area contributed by atoms with Crippen molar-refractivity contribution in [3.05, 3.63) is 0 Å². The van der Waals surface area contributed by atoms with E-state index >= 15 is 0 Å². The van der Waals surface area contributed by atoms with Crippen LogP contribution in [0.3, 0.4) is 0 Å². The fourth-order valence-corrected chi connectivity index (χ4v) is 1.30. The van der Waals surface area contributed by atoms with Crippen molar-refractivity contribution >= 4 is 29.9 Å². The zero-order chi connectivity index (χ0) is 7.40. The molecule has 0 atom stereocenters. The first-order valence-electron chi connectivity index (χ1n) is 2.85. The smallest absolute Gasteiger partial charge is 0.129 e. The van der Waals surface area contributed by atoms with Crippen molar-refractivity contribution < 1.29 is 0 Å². The standard InChI is InChI=1S/C4H9ClN4S/c1-8-4-6-7-9(8)10-3-2-5/h4,7H,2-3H2,1H3. The average molecular weight is 181 g/mol. The van der Waals surface area contributed by atoms with Crippen LogP contribution in [0.15, 0.2) is 5.10 Å². The van der Waals surface area contributed by atoms with E-state index < -0.39 is 0 Å². The van der Waals surface area contributed by atoms with Crippen LogP contribution in [0.5, 0.6) is 0 Å². The molecule has 0 unspecified atom stereocenters. The number of hydrogen-bond donors (Lipinski definition) is 1. The average Bonchev–Trinajstić information content (AvgIpc) is 2.31. The Morgan fingerprint density at radius 3 is 3.10 bits per heavy atom. The van der Waals surface area contributed by atoms with E-state index in [0.29, 0.717) is 5.88 Å². The Kier molecular flexibility index (Phi) is 3.11. The second-order valence-corrected chi connectivity index (χ2v) is 3.10. The second kappa shape index (κ2) is 3.90. The molecule has 0 aromatic carbocycles. The molecular weight excluding hydrogens is 172 g/mol. The van der Waals surface area contributed by atoms with Crippen molar-refractivity contribution in [3.8, 4) is 0 Å². The van der Waals surface area contributed by atoms with Crippen molar-refractivity contribution in [2.24, 2.45) is 5.10 Å². The highest BCUT2D eigenvalue weighted by Crippen LogP contribution is 2.10. The minimum atomic E-state index is 0.649. The lowest BCUT2D eigenvalue weighted by Gasteiger charge is -2.19. The first kappa shape index (κ1) is 7.97. The number of hydrogen-bond acceptors (Lipinski definition) is 5. The van der Waals surface area contributed by atoms with Crippen LogP contribution in [-0.2, 0) is 0 Å². The highest BCUT2D eigenvalue weighted by atomic mass is 35.5. The molecule has 0 spiro atoms. The van der Waals surface area contributed by atoms with Crippen LogP contribution in [0.4, 0.5) is 0 Å². The zero-order valence-electron chi connectivity index (χ0n) is 5.62. The summed E-state index contributed by atoms with van der Waals surface area (Å²) in [5.41, 5.74) is 2.77. The monoisotopic (exact) mass is 180 g/mol. The molecule has 0 aromatic rings. The maximum absolute atomic E-state index is 5.49. The first-order valence-corrected chi connectivity index (χ1v) is 4.33. The second-order valence-electron chi connectivity index (χ2n) is 1.71. The molecule has 1 heterocycles. The van der Waals surface area contributed by atoms with Gasteiger partial charge in [-0.05, 0) is 11.9 Å². The molecule has 58 valence electrons. The molecule has 0 aliphatic carbocycles. The molecule has 6 heteroatoms. The van der Waals surface area contributed by atoms with Crippen LogP contribution in [0, 0.1) is 0 Å². The Morgan fingerprint density at radius 1 is 1.80 bits per heavy atom. The quantitative estimate of drug-likeness (QED) is 0.506. The Bertz CT molecular complexity index is 130. The maximum atomic E-state index is 5.49. The van der Waals surface area contributed by atoms with Gasteiger partial charge in [0.05, 0.1) is 0 Å². The van der Waals surface area contributed by atoms with Crippen molar-refractivity contribution in [1.82, 2.24) is 15.1 Å². The molecule has 0 saturated carbocycles. The van der Waals surface area contributed by atoms with E-state index in [4.69, 9.17) is 11.6 Å². The summed E-state index contributed by atoms with van der Waals surface area (Å²) in [6.45, 7) is 0. The molecule has 0 saturated heterocycles. The van der Waals surface area contributed by atoms with Gasteiger partial charge in [-0.15, -0.1) is 11.6 Å². The van der Waals surface area contributed by atoms with Crippen molar-refractivity contribution in [1.29, 1.82) is 0 Å². The predicted molar refractivity (Wildman–Crippen MR) is 44.4 cm³/mol. The number of nitrogens with zero attached hydrogens (tertiary/aromatic N) is 3. The Hall–Kier alpha value is -0.130. The molecule has 0 radical (unpaired) electrons. The molecular formula is C4H9ClN4S. The molecule has 1 aliphatic heterocycles. The molecule has 1 rings (SSSR count). The van der Waals surface area contributed by atoms with Crippen molar-refractivity contribution in [2.75, 3.05) is 18.7 Å². The molecule has 0 amide bonds. The van der Waals surface area contributed by atoms with Gasteiger partial charge in [0.2, 0.25) is 0 Å². The molecule has 1 aliphatic rings. The topological polar surface area (TPSA) is 30.9 Å². The lowest BCUT2D eigenvalue weighted by Crippen LogP contribution is -2.34. The van der Waals surface area contributed by atoms with Gasteiger partial charge in [0.15, 0.2) is 0 Å². The molecule has 1 N–H and O–H groups in total. The Morgan fingerprint density at radius 2 is 2.60 bits per heavy atom. The van der Waals surface area contributed by atoms with Gasteiger partial charge in [-0.3, -0.25) is 5.01 Å². The van der Waals surface area contributed by atoms with Gasteiger partial charge in [-0.1, -0.05) is 4.52 Å². The summed E-state index contributed by atoms with van der Waals surface area (Å²) < 4.78 is 1.81. The Balaban J connectivity index is 2.17. The van der Waals surface area contributed by atoms with Gasteiger partial charge in [-0.25, -0.2) is 5.53 Å². The first-order chi connectivity index (χ1) is 4.84. The molecule has 0 fully saturated rings. The van der Waals surface area contributed by atoms with E-state index in [-0.39, 0.29) is 0 Å². The molecule has 4 nitrogen and oxygen atoms in total. The van der Waals surface area contributed by atoms with Gasteiger partial charge in [-0.2, -0.15) is 5.10 Å². The van der Waals surface area contributed by atoms with E-state index in [1.165, 1.54) is 0 Å². The summed E-state index contributed by atoms with van der Waals surface area (Å²) in [5.74, 6) is 1.53. The van der Waals surface area contributed by atoms with Crippen molar-refractivity contribution in [3.63, 3.8) is 0 Å². The van der Waals surface area contributed by atoms with E-state index in [9.17, 15) is 0 Å². The number of nitrogens with one attached hydrogen (secondary N) is 1. The number of hydrazone groups is 1. The van der Waals surface area contributed by atoms with Crippen molar-refractivity contribution in [2.45, 2.75) is 0 Å². The Labute approximate surface area is 69.3 Å². The predicted octanol–water partition coefficient (Wildman–Crippen LogP) is 0.484. The minimum Gasteiger partial charge on any atom is -0.268 e. The fraction of sp³-hybridized carbons (Fsp3) is 0.750. The van der Waals surface area contributed by atoms with Gasteiger partial charge >= 0.3 is 0 Å². The molecule has 0 bridgehead atoms. The fourth-order valence-electron chi connectivity index (χ4n) is 0.517. The maximum Gasteiger partial charge on any atom is 0.129 e. The summed E-state index contributed by atoms with van der Waals surface area (Å²) in [5, 5.41) is 5.66. The summed E-state index contributed by atoms with van der Waals surface area (Å²) in [6.07, 6.45) is 1.70. The number of alkyl halides is 1. The summed E-state index contributed by atoms with van der Waals surface area (Å²) in [7, 11) is 1.91. The summed E-state index contributed by atoms with van der Waals surface area (Å²) >= 11 is 7.08. The van der Waals surface area contributed by atoms with Crippen LogP contribution in [-0.4, -0.2) is 34.6 Å². The summed E-state index contributed by atoms with van der Waals surface area (Å²) in [4.78, 5) is 0. The van der Waals surface area contributed by atoms with Crippen LogP contribution in [0.1, 0.15) is 0 Å². The summed E-state index contributed by atoms with van der Waals surface area (Å²) in [6, 6.07) is 0. The van der Waals surface area contributed by atoms with Crippen LogP contribution < -0.4 is 5.53 Å². The van der Waals surface area contributed by atoms with E-state index in [1.807, 2.05) is 16.6 Å². The van der Waals surface area contributed by atoms with Gasteiger partial charge in [0.1, 0.15) is 6.34 Å².